The first-order chi connectivity index (χ1) is 16.4. The van der Waals surface area contributed by atoms with Crippen molar-refractivity contribution < 1.29 is 0 Å². The molecule has 0 amide bonds. The number of aromatic nitrogens is 7. The molecule has 0 spiro atoms. The Morgan fingerprint density at radius 2 is 2.03 bits per heavy atom. The van der Waals surface area contributed by atoms with Gasteiger partial charge >= 0.3 is 0 Å². The summed E-state index contributed by atoms with van der Waals surface area (Å²) in [4.78, 5) is 43.9. The summed E-state index contributed by atoms with van der Waals surface area (Å²) < 4.78 is 2.94. The third-order valence-corrected chi connectivity index (χ3v) is 6.36. The Balaban J connectivity index is 1.62. The van der Waals surface area contributed by atoms with Gasteiger partial charge in [-0.15, -0.1) is 0 Å². The first-order valence-electron chi connectivity index (χ1n) is 10.6. The van der Waals surface area contributed by atoms with Crippen LogP contribution in [0, 0.1) is 5.92 Å². The lowest BCUT2D eigenvalue weighted by Crippen LogP contribution is -2.52. The van der Waals surface area contributed by atoms with Crippen LogP contribution in [0.5, 0.6) is 0 Å². The van der Waals surface area contributed by atoms with E-state index in [4.69, 9.17) is 22.4 Å². The van der Waals surface area contributed by atoms with Crippen LogP contribution in [0.2, 0.25) is 5.02 Å². The van der Waals surface area contributed by atoms with Crippen LogP contribution in [0.4, 0.5) is 11.8 Å². The standard InChI is InChI=1S/C22H18ClN9O2/c1-11-10-30(18-15-13(27-22(24)28-18)5-8-26-20(15)33)16(11)19-29-31-9-6-12(23)17(31)21(34)32(19)14-4-2-3-7-25-14/h2-9,11,16H,10H2,1H3,(H,26,33)(H2,24,27,28)/t11-,16-/m0/s1. The summed E-state index contributed by atoms with van der Waals surface area (Å²) in [7, 11) is 0. The smallest absolute Gasteiger partial charge is 0.285 e. The number of nitrogens with two attached hydrogens (primary N) is 1. The molecular formula is C22H18ClN9O2. The van der Waals surface area contributed by atoms with Gasteiger partial charge in [-0.2, -0.15) is 10.1 Å². The zero-order valence-electron chi connectivity index (χ0n) is 17.9. The molecule has 0 aromatic carbocycles. The van der Waals surface area contributed by atoms with Gasteiger partial charge in [0, 0.05) is 31.1 Å². The molecule has 3 N–H and O–H groups in total. The van der Waals surface area contributed by atoms with Gasteiger partial charge in [0.25, 0.3) is 11.1 Å². The molecule has 1 aliphatic heterocycles. The Morgan fingerprint density at radius 3 is 2.79 bits per heavy atom. The zero-order valence-corrected chi connectivity index (χ0v) is 18.6. The number of nitrogen functional groups attached to an aromatic ring is 1. The fourth-order valence-corrected chi connectivity index (χ4v) is 4.77. The molecule has 0 bridgehead atoms. The average molecular weight is 476 g/mol. The number of halogens is 1. The molecule has 0 radical (unpaired) electrons. The molecule has 1 saturated heterocycles. The van der Waals surface area contributed by atoms with E-state index < -0.39 is 6.04 Å². The van der Waals surface area contributed by atoms with Crippen molar-refractivity contribution in [3.63, 3.8) is 0 Å². The summed E-state index contributed by atoms with van der Waals surface area (Å²) >= 11 is 6.30. The van der Waals surface area contributed by atoms with Gasteiger partial charge in [0.15, 0.2) is 5.82 Å². The number of hydrogen-bond acceptors (Lipinski definition) is 8. The second kappa shape index (κ2) is 7.39. The Bertz CT molecular complexity index is 1690. The third kappa shape index (κ3) is 2.90. The van der Waals surface area contributed by atoms with Gasteiger partial charge in [0.1, 0.15) is 22.5 Å². The van der Waals surface area contributed by atoms with Crippen LogP contribution < -0.4 is 21.8 Å². The Morgan fingerprint density at radius 1 is 1.18 bits per heavy atom. The topological polar surface area (TPSA) is 140 Å². The van der Waals surface area contributed by atoms with E-state index in [1.165, 1.54) is 15.3 Å². The molecule has 0 unspecified atom stereocenters. The van der Waals surface area contributed by atoms with Crippen molar-refractivity contribution in [2.45, 2.75) is 13.0 Å². The van der Waals surface area contributed by atoms with Crippen molar-refractivity contribution in [2.75, 3.05) is 17.2 Å². The zero-order chi connectivity index (χ0) is 23.6. The maximum atomic E-state index is 13.6. The van der Waals surface area contributed by atoms with E-state index in [1.807, 2.05) is 11.8 Å². The molecular weight excluding hydrogens is 458 g/mol. The third-order valence-electron chi connectivity index (χ3n) is 6.05. The van der Waals surface area contributed by atoms with E-state index in [0.29, 0.717) is 39.9 Å². The summed E-state index contributed by atoms with van der Waals surface area (Å²) in [5.41, 5.74) is 5.99. The van der Waals surface area contributed by atoms with Gasteiger partial charge in [-0.3, -0.25) is 9.59 Å². The summed E-state index contributed by atoms with van der Waals surface area (Å²) in [6, 6.07) is 8.20. The van der Waals surface area contributed by atoms with Crippen LogP contribution in [0.3, 0.4) is 0 Å². The minimum Gasteiger partial charge on any atom is -0.368 e. The van der Waals surface area contributed by atoms with E-state index >= 15 is 0 Å². The van der Waals surface area contributed by atoms with Crippen LogP contribution >= 0.6 is 11.6 Å². The molecule has 2 atom stereocenters. The molecule has 12 heteroatoms. The normalized spacial score (nSPS) is 17.9. The lowest BCUT2D eigenvalue weighted by atomic mass is 9.89. The number of aromatic amines is 1. The van der Waals surface area contributed by atoms with Gasteiger partial charge in [0.2, 0.25) is 5.95 Å². The fourth-order valence-electron chi connectivity index (χ4n) is 4.55. The minimum absolute atomic E-state index is 0.0501. The van der Waals surface area contributed by atoms with E-state index in [1.54, 1.807) is 42.7 Å². The Hall–Kier alpha value is -4.25. The molecule has 34 heavy (non-hydrogen) atoms. The van der Waals surface area contributed by atoms with Gasteiger partial charge < -0.3 is 15.6 Å². The molecule has 1 aliphatic rings. The number of nitrogens with one attached hydrogen (secondary N) is 1. The van der Waals surface area contributed by atoms with Gasteiger partial charge in [-0.25, -0.2) is 19.1 Å². The van der Waals surface area contributed by atoms with Gasteiger partial charge in [-0.05, 0) is 24.3 Å². The van der Waals surface area contributed by atoms with Crippen LogP contribution in [-0.2, 0) is 0 Å². The van der Waals surface area contributed by atoms with E-state index in [2.05, 4.69) is 19.9 Å². The molecule has 11 nitrogen and oxygen atoms in total. The van der Waals surface area contributed by atoms with Crippen molar-refractivity contribution >= 4 is 39.8 Å². The van der Waals surface area contributed by atoms with Crippen LogP contribution in [-0.4, -0.2) is 40.7 Å². The van der Waals surface area contributed by atoms with Crippen molar-refractivity contribution in [3.8, 4) is 5.82 Å². The fraction of sp³-hybridized carbons (Fsp3) is 0.182. The molecule has 6 rings (SSSR count). The first kappa shape index (κ1) is 20.4. The highest BCUT2D eigenvalue weighted by Gasteiger charge is 2.43. The molecule has 5 aromatic rings. The van der Waals surface area contributed by atoms with Crippen LogP contribution in [0.1, 0.15) is 18.8 Å². The van der Waals surface area contributed by atoms with Crippen LogP contribution in [0.25, 0.3) is 22.2 Å². The minimum atomic E-state index is -0.391. The van der Waals surface area contributed by atoms with Crippen molar-refractivity contribution in [1.82, 2.24) is 34.1 Å². The van der Waals surface area contributed by atoms with Gasteiger partial charge in [-0.1, -0.05) is 24.6 Å². The highest BCUT2D eigenvalue weighted by Crippen LogP contribution is 2.42. The number of anilines is 2. The lowest BCUT2D eigenvalue weighted by Gasteiger charge is -2.47. The Kier molecular flexibility index (Phi) is 4.42. The van der Waals surface area contributed by atoms with E-state index in [9.17, 15) is 9.59 Å². The van der Waals surface area contributed by atoms with E-state index in [0.717, 1.165) is 0 Å². The maximum absolute atomic E-state index is 13.6. The number of H-pyrrole nitrogens is 1. The molecule has 6 heterocycles. The predicted octanol–water partition coefficient (Wildman–Crippen LogP) is 1.94. The first-order valence-corrected chi connectivity index (χ1v) is 10.9. The predicted molar refractivity (Wildman–Crippen MR) is 127 cm³/mol. The van der Waals surface area contributed by atoms with Crippen LogP contribution in [0.15, 0.2) is 58.5 Å². The van der Waals surface area contributed by atoms with Crippen molar-refractivity contribution in [1.29, 1.82) is 0 Å². The second-order valence-corrected chi connectivity index (χ2v) is 8.60. The maximum Gasteiger partial charge on any atom is 0.285 e. The quantitative estimate of drug-likeness (QED) is 0.403. The van der Waals surface area contributed by atoms with Gasteiger partial charge in [0.05, 0.1) is 16.6 Å². The monoisotopic (exact) mass is 475 g/mol. The molecule has 0 aliphatic carbocycles. The lowest BCUT2D eigenvalue weighted by molar-refractivity contribution is 0.301. The molecule has 1 fully saturated rings. The summed E-state index contributed by atoms with van der Waals surface area (Å²) in [6.07, 6.45) is 4.76. The van der Waals surface area contributed by atoms with Crippen molar-refractivity contribution in [2.24, 2.45) is 5.92 Å². The number of rotatable bonds is 3. The largest absolute Gasteiger partial charge is 0.368 e. The summed E-state index contributed by atoms with van der Waals surface area (Å²) in [5.74, 6) is 1.38. The van der Waals surface area contributed by atoms with E-state index in [-0.39, 0.29) is 28.5 Å². The Labute approximate surface area is 196 Å². The van der Waals surface area contributed by atoms with Crippen molar-refractivity contribution in [3.05, 3.63) is 80.5 Å². The summed E-state index contributed by atoms with van der Waals surface area (Å²) in [5, 5.41) is 5.38. The highest BCUT2D eigenvalue weighted by molar-refractivity contribution is 6.33. The highest BCUT2D eigenvalue weighted by atomic mass is 35.5. The SMILES string of the molecule is C[C@H]1CN(c2nc(N)nc3cc[nH]c(=O)c23)[C@@H]1c1nn2ccc(Cl)c2c(=O)n1-c1ccccn1. The molecule has 5 aromatic heterocycles. The number of nitrogens with zero attached hydrogens (tertiary/aromatic N) is 7. The number of pyridine rings is 2. The molecule has 0 saturated carbocycles. The second-order valence-electron chi connectivity index (χ2n) is 8.19. The number of fused-ring (bicyclic) bond motifs is 2. The summed E-state index contributed by atoms with van der Waals surface area (Å²) in [6.45, 7) is 2.62. The average Bonchev–Trinajstić information content (AvgIpc) is 3.18. The number of hydrogen-bond donors (Lipinski definition) is 2. The molecule has 170 valence electrons.